The molecule has 54 heavy (non-hydrogen) atoms. The third-order valence-corrected chi connectivity index (χ3v) is 11.5. The van der Waals surface area contributed by atoms with Crippen LogP contribution in [0.25, 0.3) is 55.2 Å². The molecule has 0 aliphatic rings. The van der Waals surface area contributed by atoms with Crippen molar-refractivity contribution in [1.82, 2.24) is 4.98 Å². The normalized spacial score (nSPS) is 12.6. The Hall–Kier alpha value is -3.99. The Morgan fingerprint density at radius 2 is 1.50 bits per heavy atom. The monoisotopic (exact) mass is 905 g/mol. The molecule has 1 N–H and O–H groups in total. The summed E-state index contributed by atoms with van der Waals surface area (Å²) in [5.41, 5.74) is 7.53. The number of ketones is 1. The Balaban J connectivity index is 0.000000309. The molecule has 0 spiro atoms. The summed E-state index contributed by atoms with van der Waals surface area (Å²) in [6, 6.07) is 25.0. The van der Waals surface area contributed by atoms with Crippen LogP contribution in [0, 0.1) is 22.8 Å². The number of benzene rings is 3. The molecule has 0 fully saturated rings. The molecule has 0 aliphatic carbocycles. The standard InChI is InChI=1S/C33H30NO2.C15H28O2.Ir/c1-20(2)14-24-19-36-31-11-10-22(16-28(24)31)27-18-30(34-32-26(27)12-13-35-32)23-15-21-8-6-7-9-25(21)29(17-23)33(3,4)5;1-7-14(5,8-2)12(16)11-13(17)15(6,9-3)10-4;/h6-13,16-20H,14H2,1-5H3;11,16H,7-10H2,1-6H3;/q-1;;/b;12-11-;. The molecule has 0 atom stereocenters. The fraction of sp³-hybridized carbons (Fsp3) is 0.417. The second-order valence-corrected chi connectivity index (χ2v) is 16.6. The van der Waals surface area contributed by atoms with E-state index in [-0.39, 0.29) is 47.9 Å². The van der Waals surface area contributed by atoms with Gasteiger partial charge >= 0.3 is 0 Å². The van der Waals surface area contributed by atoms with E-state index < -0.39 is 0 Å². The maximum Gasteiger partial charge on any atom is 0.219 e. The van der Waals surface area contributed by atoms with Crippen LogP contribution in [0.4, 0.5) is 0 Å². The fourth-order valence-corrected chi connectivity index (χ4v) is 6.85. The van der Waals surface area contributed by atoms with E-state index in [2.05, 4.69) is 95.3 Å². The molecule has 1 radical (unpaired) electrons. The number of rotatable bonds is 11. The van der Waals surface area contributed by atoms with Gasteiger partial charge < -0.3 is 13.9 Å². The van der Waals surface area contributed by atoms with E-state index in [1.54, 1.807) is 6.26 Å². The number of hydrogen-bond acceptors (Lipinski definition) is 5. The second-order valence-electron chi connectivity index (χ2n) is 16.6. The van der Waals surface area contributed by atoms with Crippen molar-refractivity contribution >= 4 is 38.6 Å². The Morgan fingerprint density at radius 3 is 2.13 bits per heavy atom. The second kappa shape index (κ2) is 17.2. The van der Waals surface area contributed by atoms with Crippen molar-refractivity contribution in [3.8, 4) is 22.4 Å². The van der Waals surface area contributed by atoms with Gasteiger partial charge in [0.25, 0.3) is 0 Å². The van der Waals surface area contributed by atoms with Crippen LogP contribution in [-0.2, 0) is 36.7 Å². The molecular weight excluding hydrogens is 847 g/mol. The summed E-state index contributed by atoms with van der Waals surface area (Å²) in [6.07, 6.45) is 9.36. The van der Waals surface area contributed by atoms with Crippen LogP contribution in [0.2, 0.25) is 0 Å². The van der Waals surface area contributed by atoms with Crippen LogP contribution in [0.3, 0.4) is 0 Å². The minimum Gasteiger partial charge on any atom is -0.512 e. The quantitative estimate of drug-likeness (QED) is 0.0796. The zero-order chi connectivity index (χ0) is 38.7. The summed E-state index contributed by atoms with van der Waals surface area (Å²) in [6.45, 7) is 23.3. The molecule has 0 saturated carbocycles. The zero-order valence-corrected chi connectivity index (χ0v) is 36.5. The number of aromatic nitrogens is 1. The summed E-state index contributed by atoms with van der Waals surface area (Å²) in [5, 5.41) is 14.6. The number of hydrogen-bond donors (Lipinski definition) is 1. The first-order chi connectivity index (χ1) is 25.1. The topological polar surface area (TPSA) is 76.5 Å². The molecule has 6 rings (SSSR count). The number of aliphatic hydroxyl groups is 1. The molecule has 5 nitrogen and oxygen atoms in total. The number of carbonyl (C=O) groups is 1. The van der Waals surface area contributed by atoms with Gasteiger partial charge in [-0.1, -0.05) is 117 Å². The first kappa shape index (κ1) is 42.7. The minimum absolute atomic E-state index is 0. The number of nitrogens with zero attached hydrogens (tertiary/aromatic N) is 1. The van der Waals surface area contributed by atoms with Gasteiger partial charge in [0, 0.05) is 53.5 Å². The van der Waals surface area contributed by atoms with Gasteiger partial charge in [0.2, 0.25) is 5.71 Å². The molecule has 6 aromatic rings. The largest absolute Gasteiger partial charge is 0.512 e. The Bertz CT molecular complexity index is 2240. The molecule has 0 unspecified atom stereocenters. The summed E-state index contributed by atoms with van der Waals surface area (Å²) in [4.78, 5) is 17.1. The van der Waals surface area contributed by atoms with E-state index in [0.717, 1.165) is 70.8 Å². The van der Waals surface area contributed by atoms with Crippen LogP contribution in [0.5, 0.6) is 0 Å². The molecule has 3 aromatic heterocycles. The third-order valence-electron chi connectivity index (χ3n) is 11.5. The molecule has 0 saturated heterocycles. The number of fused-ring (bicyclic) bond motifs is 3. The maximum atomic E-state index is 12.2. The van der Waals surface area contributed by atoms with E-state index in [0.29, 0.717) is 11.6 Å². The third kappa shape index (κ3) is 8.93. The molecule has 289 valence electrons. The summed E-state index contributed by atoms with van der Waals surface area (Å²) >= 11 is 0. The maximum absolute atomic E-state index is 12.2. The smallest absolute Gasteiger partial charge is 0.219 e. The average Bonchev–Trinajstić information content (AvgIpc) is 3.79. The number of allylic oxidation sites excluding steroid dienone is 2. The van der Waals surface area contributed by atoms with E-state index in [1.807, 2.05) is 53.9 Å². The van der Waals surface area contributed by atoms with Crippen molar-refractivity contribution in [2.45, 2.75) is 114 Å². The molecule has 0 bridgehead atoms. The average molecular weight is 905 g/mol. The van der Waals surface area contributed by atoms with Crippen molar-refractivity contribution in [3.63, 3.8) is 0 Å². The number of carbonyl (C=O) groups excluding carboxylic acids is 1. The molecule has 3 aromatic carbocycles. The van der Waals surface area contributed by atoms with Crippen molar-refractivity contribution in [2.24, 2.45) is 16.7 Å². The molecule has 3 heterocycles. The summed E-state index contributed by atoms with van der Waals surface area (Å²) in [5.74, 6) is 0.844. The predicted molar refractivity (Wildman–Crippen MR) is 221 cm³/mol. The number of furan rings is 2. The first-order valence-corrected chi connectivity index (χ1v) is 19.4. The Morgan fingerprint density at radius 1 is 0.833 bits per heavy atom. The minimum atomic E-state index is -0.337. The van der Waals surface area contributed by atoms with Crippen LogP contribution in [-0.4, -0.2) is 15.9 Å². The van der Waals surface area contributed by atoms with Crippen molar-refractivity contribution in [2.75, 3.05) is 0 Å². The Kier molecular flexibility index (Phi) is 13.6. The van der Waals surface area contributed by atoms with Gasteiger partial charge in [0.15, 0.2) is 5.78 Å². The summed E-state index contributed by atoms with van der Waals surface area (Å²) < 4.78 is 11.7. The van der Waals surface area contributed by atoms with Gasteiger partial charge in [-0.2, -0.15) is 0 Å². The summed E-state index contributed by atoms with van der Waals surface area (Å²) in [7, 11) is 0. The van der Waals surface area contributed by atoms with Gasteiger partial charge in [0.1, 0.15) is 11.3 Å². The van der Waals surface area contributed by atoms with E-state index in [4.69, 9.17) is 13.8 Å². The van der Waals surface area contributed by atoms with E-state index >= 15 is 0 Å². The van der Waals surface area contributed by atoms with Crippen LogP contribution < -0.4 is 0 Å². The van der Waals surface area contributed by atoms with Gasteiger partial charge in [-0.05, 0) is 78.3 Å². The number of aliphatic hydroxyl groups excluding tert-OH is 1. The van der Waals surface area contributed by atoms with Crippen LogP contribution in [0.1, 0.15) is 113 Å². The SMILES string of the molecule is CC(C)Cc1coc2ccc(-c3cc(-c4[c-]c5ccccc5c(C(C)(C)C)c4)nc4occc34)cc12.CCC(C)(CC)C(=O)/C=C(\O)C(C)(CC)CC.[Ir]. The predicted octanol–water partition coefficient (Wildman–Crippen LogP) is 14.0. The molecular formula is C48H58IrNO4-. The van der Waals surface area contributed by atoms with E-state index in [1.165, 1.54) is 28.0 Å². The molecule has 0 aliphatic heterocycles. The first-order valence-electron chi connectivity index (χ1n) is 19.4. The Labute approximate surface area is 336 Å². The molecule has 0 amide bonds. The number of pyridine rings is 1. The van der Waals surface area contributed by atoms with E-state index in [9.17, 15) is 9.90 Å². The van der Waals surface area contributed by atoms with Crippen LogP contribution >= 0.6 is 0 Å². The van der Waals surface area contributed by atoms with Gasteiger partial charge in [-0.15, -0.1) is 29.1 Å². The van der Waals surface area contributed by atoms with Gasteiger partial charge in [0.05, 0.1) is 12.5 Å². The van der Waals surface area contributed by atoms with Gasteiger partial charge in [-0.3, -0.25) is 9.78 Å². The van der Waals surface area contributed by atoms with Crippen molar-refractivity contribution in [1.29, 1.82) is 0 Å². The fourth-order valence-electron chi connectivity index (χ4n) is 6.85. The van der Waals surface area contributed by atoms with Crippen molar-refractivity contribution in [3.05, 3.63) is 102 Å². The molecule has 6 heteroatoms. The van der Waals surface area contributed by atoms with Crippen molar-refractivity contribution < 1.29 is 38.8 Å². The zero-order valence-electron chi connectivity index (χ0n) is 34.1. The van der Waals surface area contributed by atoms with Crippen LogP contribution in [0.15, 0.2) is 93.9 Å². The van der Waals surface area contributed by atoms with Gasteiger partial charge in [-0.25, -0.2) is 0 Å².